The molecule has 2 aliphatic carbocycles. The van der Waals surface area contributed by atoms with Crippen molar-refractivity contribution < 1.29 is 0 Å². The van der Waals surface area contributed by atoms with Crippen LogP contribution in [0.15, 0.2) is 4.99 Å². The third-order valence-electron chi connectivity index (χ3n) is 5.40. The van der Waals surface area contributed by atoms with Crippen LogP contribution in [0.5, 0.6) is 0 Å². The molecule has 1 aliphatic heterocycles. The molecule has 3 aliphatic rings. The molecule has 0 bridgehead atoms. The minimum absolute atomic E-state index is 0.443. The van der Waals surface area contributed by atoms with Crippen LogP contribution >= 0.6 is 0 Å². The molecule has 3 rings (SSSR count). The minimum Gasteiger partial charge on any atom is -0.357 e. The van der Waals surface area contributed by atoms with Crippen LogP contribution in [0.3, 0.4) is 0 Å². The van der Waals surface area contributed by atoms with Gasteiger partial charge in [0.1, 0.15) is 0 Å². The van der Waals surface area contributed by atoms with E-state index in [1.807, 2.05) is 0 Å². The molecule has 0 aromatic rings. The Balaban J connectivity index is 1.51. The maximum Gasteiger partial charge on any atom is 0.191 e. The van der Waals surface area contributed by atoms with Gasteiger partial charge in [-0.1, -0.05) is 19.8 Å². The summed E-state index contributed by atoms with van der Waals surface area (Å²) in [6.07, 6.45) is 9.55. The highest BCUT2D eigenvalue weighted by atomic mass is 15.3. The van der Waals surface area contributed by atoms with Gasteiger partial charge in [-0.2, -0.15) is 0 Å². The second-order valence-electron chi connectivity index (χ2n) is 7.57. The quantitative estimate of drug-likeness (QED) is 0.603. The van der Waals surface area contributed by atoms with Gasteiger partial charge in [-0.15, -0.1) is 0 Å². The number of aliphatic imine (C=N–C) groups is 1. The molecule has 0 aromatic carbocycles. The van der Waals surface area contributed by atoms with E-state index in [1.54, 1.807) is 0 Å². The number of hydrogen-bond acceptors (Lipinski definition) is 2. The molecule has 4 nitrogen and oxygen atoms in total. The average Bonchev–Trinajstić information content (AvgIpc) is 3.07. The first-order valence-electron chi connectivity index (χ1n) is 8.97. The van der Waals surface area contributed by atoms with E-state index >= 15 is 0 Å². The second-order valence-corrected chi connectivity index (χ2v) is 7.57. The smallest absolute Gasteiger partial charge is 0.191 e. The lowest BCUT2D eigenvalue weighted by Crippen LogP contribution is -2.45. The first kappa shape index (κ1) is 15.1. The summed E-state index contributed by atoms with van der Waals surface area (Å²) in [5, 5.41) is 7.10. The lowest BCUT2D eigenvalue weighted by atomic mass is 9.89. The van der Waals surface area contributed by atoms with Gasteiger partial charge < -0.3 is 10.6 Å². The van der Waals surface area contributed by atoms with E-state index < -0.39 is 0 Å². The third-order valence-corrected chi connectivity index (χ3v) is 5.40. The molecule has 120 valence electrons. The number of likely N-dealkylation sites (tertiary alicyclic amines) is 1. The van der Waals surface area contributed by atoms with E-state index in [2.05, 4.69) is 29.4 Å². The van der Waals surface area contributed by atoms with Crippen LogP contribution in [0.4, 0.5) is 0 Å². The first-order chi connectivity index (χ1) is 10.2. The largest absolute Gasteiger partial charge is 0.357 e. The summed E-state index contributed by atoms with van der Waals surface area (Å²) in [6.45, 7) is 8.94. The fraction of sp³-hybridized carbons (Fsp3) is 0.941. The highest BCUT2D eigenvalue weighted by Crippen LogP contribution is 2.37. The zero-order chi connectivity index (χ0) is 14.7. The van der Waals surface area contributed by atoms with Gasteiger partial charge in [-0.25, -0.2) is 0 Å². The summed E-state index contributed by atoms with van der Waals surface area (Å²) < 4.78 is 0. The SMILES string of the molecule is CCNC(=NCC1(C)CCCC1)NC1CCN(C2CC2)C1. The van der Waals surface area contributed by atoms with E-state index in [-0.39, 0.29) is 0 Å². The maximum atomic E-state index is 4.89. The van der Waals surface area contributed by atoms with E-state index in [0.29, 0.717) is 11.5 Å². The van der Waals surface area contributed by atoms with Crippen molar-refractivity contribution in [2.45, 2.75) is 70.9 Å². The molecular weight excluding hydrogens is 260 g/mol. The minimum atomic E-state index is 0.443. The fourth-order valence-electron chi connectivity index (χ4n) is 3.85. The Morgan fingerprint density at radius 2 is 2.00 bits per heavy atom. The highest BCUT2D eigenvalue weighted by Gasteiger charge is 2.34. The van der Waals surface area contributed by atoms with Crippen molar-refractivity contribution in [3.05, 3.63) is 0 Å². The van der Waals surface area contributed by atoms with Crippen molar-refractivity contribution in [1.29, 1.82) is 0 Å². The van der Waals surface area contributed by atoms with Crippen LogP contribution < -0.4 is 10.6 Å². The molecule has 0 spiro atoms. The summed E-state index contributed by atoms with van der Waals surface area (Å²) >= 11 is 0. The lowest BCUT2D eigenvalue weighted by molar-refractivity contribution is 0.321. The number of guanidine groups is 1. The van der Waals surface area contributed by atoms with Crippen LogP contribution in [0.1, 0.15) is 58.8 Å². The average molecular weight is 292 g/mol. The van der Waals surface area contributed by atoms with Gasteiger partial charge in [0.05, 0.1) is 0 Å². The van der Waals surface area contributed by atoms with E-state index in [9.17, 15) is 0 Å². The number of nitrogens with zero attached hydrogens (tertiary/aromatic N) is 2. The number of rotatable bonds is 5. The Morgan fingerprint density at radius 3 is 2.67 bits per heavy atom. The molecule has 2 saturated carbocycles. The van der Waals surface area contributed by atoms with Crippen molar-refractivity contribution in [2.75, 3.05) is 26.2 Å². The Labute approximate surface area is 129 Å². The highest BCUT2D eigenvalue weighted by molar-refractivity contribution is 5.80. The summed E-state index contributed by atoms with van der Waals surface area (Å²) in [5.74, 6) is 1.04. The van der Waals surface area contributed by atoms with Gasteiger partial charge in [-0.3, -0.25) is 9.89 Å². The zero-order valence-corrected chi connectivity index (χ0v) is 13.8. The molecule has 0 radical (unpaired) electrons. The van der Waals surface area contributed by atoms with Crippen molar-refractivity contribution in [3.63, 3.8) is 0 Å². The lowest BCUT2D eigenvalue weighted by Gasteiger charge is -2.23. The molecule has 2 N–H and O–H groups in total. The van der Waals surface area contributed by atoms with Crippen molar-refractivity contribution in [1.82, 2.24) is 15.5 Å². The van der Waals surface area contributed by atoms with Gasteiger partial charge in [0.2, 0.25) is 0 Å². The van der Waals surface area contributed by atoms with Gasteiger partial charge in [0.25, 0.3) is 0 Å². The zero-order valence-electron chi connectivity index (χ0n) is 13.8. The van der Waals surface area contributed by atoms with E-state index in [1.165, 1.54) is 58.0 Å². The molecule has 4 heteroatoms. The summed E-state index contributed by atoms with van der Waals surface area (Å²) in [4.78, 5) is 7.54. The summed E-state index contributed by atoms with van der Waals surface area (Å²) in [7, 11) is 0. The molecule has 21 heavy (non-hydrogen) atoms. The Bertz CT molecular complexity index is 369. The fourth-order valence-corrected chi connectivity index (χ4v) is 3.85. The molecule has 3 fully saturated rings. The molecular formula is C17H32N4. The van der Waals surface area contributed by atoms with Crippen LogP contribution in [0, 0.1) is 5.41 Å². The Kier molecular flexibility index (Phi) is 4.72. The van der Waals surface area contributed by atoms with E-state index in [4.69, 9.17) is 4.99 Å². The van der Waals surface area contributed by atoms with Gasteiger partial charge in [-0.05, 0) is 44.4 Å². The molecule has 0 amide bonds. The van der Waals surface area contributed by atoms with Crippen LogP contribution in [0.2, 0.25) is 0 Å². The maximum absolute atomic E-state index is 4.89. The summed E-state index contributed by atoms with van der Waals surface area (Å²) in [5.41, 5.74) is 0.443. The third kappa shape index (κ3) is 4.12. The van der Waals surface area contributed by atoms with Gasteiger partial charge in [0, 0.05) is 38.3 Å². The molecule has 1 heterocycles. The predicted octanol–water partition coefficient (Wildman–Crippen LogP) is 2.36. The molecule has 1 atom stereocenters. The van der Waals surface area contributed by atoms with Crippen molar-refractivity contribution >= 4 is 5.96 Å². The van der Waals surface area contributed by atoms with Crippen molar-refractivity contribution in [2.24, 2.45) is 10.4 Å². The number of hydrogen-bond donors (Lipinski definition) is 2. The Hall–Kier alpha value is -0.770. The van der Waals surface area contributed by atoms with Crippen LogP contribution in [0.25, 0.3) is 0 Å². The molecule has 0 aromatic heterocycles. The monoisotopic (exact) mass is 292 g/mol. The van der Waals surface area contributed by atoms with E-state index in [0.717, 1.165) is 25.1 Å². The van der Waals surface area contributed by atoms with Crippen LogP contribution in [-0.4, -0.2) is 49.1 Å². The normalized spacial score (nSPS) is 29.8. The van der Waals surface area contributed by atoms with Gasteiger partial charge in [0.15, 0.2) is 5.96 Å². The Morgan fingerprint density at radius 1 is 1.24 bits per heavy atom. The summed E-state index contributed by atoms with van der Waals surface area (Å²) in [6, 6.07) is 1.48. The molecule has 1 unspecified atom stereocenters. The van der Waals surface area contributed by atoms with Crippen LogP contribution in [-0.2, 0) is 0 Å². The first-order valence-corrected chi connectivity index (χ1v) is 8.97. The topological polar surface area (TPSA) is 39.7 Å². The predicted molar refractivity (Wildman–Crippen MR) is 88.7 cm³/mol. The number of nitrogens with one attached hydrogen (secondary N) is 2. The van der Waals surface area contributed by atoms with Gasteiger partial charge >= 0.3 is 0 Å². The molecule has 1 saturated heterocycles. The standard InChI is InChI=1S/C17H32N4/c1-3-18-16(19-13-17(2)9-4-5-10-17)20-14-8-11-21(12-14)15-6-7-15/h14-15H,3-13H2,1-2H3,(H2,18,19,20). The van der Waals surface area contributed by atoms with Crippen molar-refractivity contribution in [3.8, 4) is 0 Å². The second kappa shape index (κ2) is 6.55.